The van der Waals surface area contributed by atoms with Crippen molar-refractivity contribution < 1.29 is 4.74 Å². The highest BCUT2D eigenvalue weighted by Gasteiger charge is 2.19. The Bertz CT molecular complexity index is 579. The highest BCUT2D eigenvalue weighted by atomic mass is 16.5. The summed E-state index contributed by atoms with van der Waals surface area (Å²) in [5.41, 5.74) is 4.18. The van der Waals surface area contributed by atoms with E-state index in [0.717, 1.165) is 12.3 Å². The summed E-state index contributed by atoms with van der Waals surface area (Å²) in [5, 5.41) is 3.69. The summed E-state index contributed by atoms with van der Waals surface area (Å²) in [7, 11) is 1.73. The van der Waals surface area contributed by atoms with Crippen molar-refractivity contribution in [3.63, 3.8) is 0 Å². The van der Waals surface area contributed by atoms with Crippen LogP contribution in [-0.2, 0) is 13.0 Å². The molecule has 0 heterocycles. The minimum atomic E-state index is 0.463. The van der Waals surface area contributed by atoms with Crippen LogP contribution in [0.3, 0.4) is 0 Å². The Morgan fingerprint density at radius 3 is 2.80 bits per heavy atom. The fraction of sp³-hybridized carbons (Fsp3) is 0.333. The third-order valence-electron chi connectivity index (χ3n) is 4.10. The SMILES string of the molecule is COc1ccccc1CN[C@@H]1CCCc2ccccc21. The smallest absolute Gasteiger partial charge is 0.123 e. The van der Waals surface area contributed by atoms with Gasteiger partial charge in [-0.25, -0.2) is 0 Å². The zero-order valence-corrected chi connectivity index (χ0v) is 11.9. The third kappa shape index (κ3) is 2.70. The van der Waals surface area contributed by atoms with Gasteiger partial charge in [0.25, 0.3) is 0 Å². The molecule has 0 aromatic heterocycles. The lowest BCUT2D eigenvalue weighted by Gasteiger charge is -2.26. The molecule has 0 radical (unpaired) electrons. The maximum absolute atomic E-state index is 5.41. The van der Waals surface area contributed by atoms with Gasteiger partial charge in [0.05, 0.1) is 7.11 Å². The van der Waals surface area contributed by atoms with E-state index in [0.29, 0.717) is 6.04 Å². The van der Waals surface area contributed by atoms with Crippen LogP contribution in [0.4, 0.5) is 0 Å². The molecule has 1 N–H and O–H groups in total. The van der Waals surface area contributed by atoms with Crippen LogP contribution in [0.1, 0.15) is 35.6 Å². The van der Waals surface area contributed by atoms with E-state index in [2.05, 4.69) is 41.7 Å². The Morgan fingerprint density at radius 1 is 1.10 bits per heavy atom. The molecule has 20 heavy (non-hydrogen) atoms. The number of hydrogen-bond donors (Lipinski definition) is 1. The molecule has 1 aliphatic carbocycles. The van der Waals surface area contributed by atoms with Gasteiger partial charge in [-0.1, -0.05) is 42.5 Å². The Balaban J connectivity index is 1.73. The Morgan fingerprint density at radius 2 is 1.90 bits per heavy atom. The highest BCUT2D eigenvalue weighted by Crippen LogP contribution is 2.30. The van der Waals surface area contributed by atoms with Gasteiger partial charge >= 0.3 is 0 Å². The number of methoxy groups -OCH3 is 1. The van der Waals surface area contributed by atoms with Gasteiger partial charge in [-0.2, -0.15) is 0 Å². The van der Waals surface area contributed by atoms with Crippen molar-refractivity contribution in [3.05, 3.63) is 65.2 Å². The predicted molar refractivity (Wildman–Crippen MR) is 82.0 cm³/mol. The summed E-state index contributed by atoms with van der Waals surface area (Å²) in [5.74, 6) is 0.962. The number of benzene rings is 2. The Kier molecular flexibility index (Phi) is 4.03. The minimum Gasteiger partial charge on any atom is -0.496 e. The van der Waals surface area contributed by atoms with Gasteiger partial charge in [0.1, 0.15) is 5.75 Å². The average Bonchev–Trinajstić information content (AvgIpc) is 2.53. The molecule has 0 spiro atoms. The largest absolute Gasteiger partial charge is 0.496 e. The number of hydrogen-bond acceptors (Lipinski definition) is 2. The van der Waals surface area contributed by atoms with Gasteiger partial charge in [-0.3, -0.25) is 0 Å². The number of rotatable bonds is 4. The molecular weight excluding hydrogens is 246 g/mol. The summed E-state index contributed by atoms with van der Waals surface area (Å²) < 4.78 is 5.41. The molecule has 2 aromatic rings. The fourth-order valence-corrected chi connectivity index (χ4v) is 3.05. The summed E-state index contributed by atoms with van der Waals surface area (Å²) in [4.78, 5) is 0. The van der Waals surface area contributed by atoms with Crippen molar-refractivity contribution in [1.29, 1.82) is 0 Å². The molecule has 104 valence electrons. The van der Waals surface area contributed by atoms with E-state index in [1.165, 1.54) is 36.0 Å². The molecule has 2 nitrogen and oxygen atoms in total. The first-order valence-corrected chi connectivity index (χ1v) is 7.31. The van der Waals surface area contributed by atoms with Crippen molar-refractivity contribution in [1.82, 2.24) is 5.32 Å². The lowest BCUT2D eigenvalue weighted by Crippen LogP contribution is -2.25. The van der Waals surface area contributed by atoms with Crippen LogP contribution in [0.25, 0.3) is 0 Å². The number of fused-ring (bicyclic) bond motifs is 1. The molecule has 0 saturated carbocycles. The van der Waals surface area contributed by atoms with Crippen LogP contribution < -0.4 is 10.1 Å². The molecule has 0 aliphatic heterocycles. The van der Waals surface area contributed by atoms with Crippen LogP contribution in [-0.4, -0.2) is 7.11 Å². The monoisotopic (exact) mass is 267 g/mol. The predicted octanol–water partition coefficient (Wildman–Crippen LogP) is 3.86. The van der Waals surface area contributed by atoms with E-state index in [-0.39, 0.29) is 0 Å². The van der Waals surface area contributed by atoms with Crippen LogP contribution in [0.15, 0.2) is 48.5 Å². The van der Waals surface area contributed by atoms with Gasteiger partial charge in [0.15, 0.2) is 0 Å². The third-order valence-corrected chi connectivity index (χ3v) is 4.10. The van der Waals surface area contributed by atoms with E-state index < -0.39 is 0 Å². The van der Waals surface area contributed by atoms with E-state index in [1.807, 2.05) is 12.1 Å². The van der Waals surface area contributed by atoms with Gasteiger partial charge < -0.3 is 10.1 Å². The van der Waals surface area contributed by atoms with Crippen LogP contribution in [0, 0.1) is 0 Å². The van der Waals surface area contributed by atoms with Gasteiger partial charge in [0.2, 0.25) is 0 Å². The van der Waals surface area contributed by atoms with Crippen LogP contribution >= 0.6 is 0 Å². The number of para-hydroxylation sites is 1. The molecule has 0 amide bonds. The second kappa shape index (κ2) is 6.10. The van der Waals surface area contributed by atoms with Crippen molar-refractivity contribution in [2.24, 2.45) is 0 Å². The number of aryl methyl sites for hydroxylation is 1. The van der Waals surface area contributed by atoms with Gasteiger partial charge in [-0.05, 0) is 36.5 Å². The zero-order valence-electron chi connectivity index (χ0n) is 11.9. The average molecular weight is 267 g/mol. The Labute approximate surface area is 120 Å². The van der Waals surface area contributed by atoms with E-state index in [1.54, 1.807) is 7.11 Å². The van der Waals surface area contributed by atoms with Crippen LogP contribution in [0.5, 0.6) is 5.75 Å². The van der Waals surface area contributed by atoms with Crippen molar-refractivity contribution in [3.8, 4) is 5.75 Å². The first-order chi connectivity index (χ1) is 9.88. The second-order valence-corrected chi connectivity index (χ2v) is 5.34. The Hall–Kier alpha value is -1.80. The summed E-state index contributed by atoms with van der Waals surface area (Å²) >= 11 is 0. The van der Waals surface area contributed by atoms with E-state index >= 15 is 0 Å². The molecule has 0 bridgehead atoms. The molecule has 1 atom stereocenters. The molecule has 2 aromatic carbocycles. The summed E-state index contributed by atoms with van der Waals surface area (Å²) in [6.07, 6.45) is 3.69. The maximum atomic E-state index is 5.41. The minimum absolute atomic E-state index is 0.463. The lowest BCUT2D eigenvalue weighted by molar-refractivity contribution is 0.401. The highest BCUT2D eigenvalue weighted by molar-refractivity contribution is 5.35. The van der Waals surface area contributed by atoms with Gasteiger partial charge in [0, 0.05) is 18.2 Å². The molecule has 2 heteroatoms. The molecule has 0 saturated heterocycles. The molecule has 1 aliphatic rings. The standard InChI is InChI=1S/C18H21NO/c1-20-18-12-5-3-8-15(18)13-19-17-11-6-9-14-7-2-4-10-16(14)17/h2-5,7-8,10,12,17,19H,6,9,11,13H2,1H3/t17-/m1/s1. The van der Waals surface area contributed by atoms with Crippen molar-refractivity contribution in [2.45, 2.75) is 31.8 Å². The first-order valence-electron chi connectivity index (χ1n) is 7.31. The lowest BCUT2D eigenvalue weighted by atomic mass is 9.87. The quantitative estimate of drug-likeness (QED) is 0.908. The number of ether oxygens (including phenoxy) is 1. The van der Waals surface area contributed by atoms with Crippen molar-refractivity contribution >= 4 is 0 Å². The zero-order chi connectivity index (χ0) is 13.8. The summed E-state index contributed by atoms with van der Waals surface area (Å²) in [6, 6.07) is 17.5. The maximum Gasteiger partial charge on any atom is 0.123 e. The second-order valence-electron chi connectivity index (χ2n) is 5.34. The van der Waals surface area contributed by atoms with E-state index in [4.69, 9.17) is 4.74 Å². The van der Waals surface area contributed by atoms with Gasteiger partial charge in [-0.15, -0.1) is 0 Å². The fourth-order valence-electron chi connectivity index (χ4n) is 3.05. The normalized spacial score (nSPS) is 17.6. The molecule has 0 unspecified atom stereocenters. The van der Waals surface area contributed by atoms with E-state index in [9.17, 15) is 0 Å². The van der Waals surface area contributed by atoms with Crippen molar-refractivity contribution in [2.75, 3.05) is 7.11 Å². The molecule has 3 rings (SSSR count). The summed E-state index contributed by atoms with van der Waals surface area (Å²) in [6.45, 7) is 0.850. The molecule has 0 fully saturated rings. The topological polar surface area (TPSA) is 21.3 Å². The first kappa shape index (κ1) is 13.2. The van der Waals surface area contributed by atoms with Crippen LogP contribution in [0.2, 0.25) is 0 Å². The number of nitrogens with one attached hydrogen (secondary N) is 1. The molecular formula is C18H21NO.